The maximum absolute atomic E-state index is 11.8. The van der Waals surface area contributed by atoms with E-state index in [4.69, 9.17) is 9.84 Å². The van der Waals surface area contributed by atoms with Crippen molar-refractivity contribution in [1.82, 2.24) is 9.55 Å². The molecule has 0 aromatic carbocycles. The fourth-order valence-electron chi connectivity index (χ4n) is 2.08. The van der Waals surface area contributed by atoms with Gasteiger partial charge in [-0.15, -0.1) is 0 Å². The third kappa shape index (κ3) is 2.25. The molecule has 104 valence electrons. The summed E-state index contributed by atoms with van der Waals surface area (Å²) in [7, 11) is 0. The van der Waals surface area contributed by atoms with Gasteiger partial charge in [0.1, 0.15) is 18.2 Å². The van der Waals surface area contributed by atoms with Gasteiger partial charge in [-0.3, -0.25) is 19.3 Å². The molecule has 2 heterocycles. The van der Waals surface area contributed by atoms with Gasteiger partial charge in [-0.1, -0.05) is 0 Å². The van der Waals surface area contributed by atoms with Gasteiger partial charge in [0, 0.05) is 11.8 Å². The molecule has 0 radical (unpaired) electrons. The van der Waals surface area contributed by atoms with Gasteiger partial charge in [0.15, 0.2) is 6.23 Å². The van der Waals surface area contributed by atoms with Crippen molar-refractivity contribution in [2.75, 3.05) is 6.61 Å². The SMILES string of the molecule is C=N[C@H]1[C@H](O)[C@@H](CO)O[C@H]1n1cc(C)c(=O)[nH]c1=O. The Kier molecular flexibility index (Phi) is 3.65. The molecule has 0 unspecified atom stereocenters. The van der Waals surface area contributed by atoms with Gasteiger partial charge < -0.3 is 14.9 Å². The number of aliphatic imine (C=N–C) groups is 1. The van der Waals surface area contributed by atoms with Crippen LogP contribution in [0.2, 0.25) is 0 Å². The molecular formula is C11H15N3O5. The first kappa shape index (κ1) is 13.7. The predicted molar refractivity (Wildman–Crippen MR) is 66.4 cm³/mol. The van der Waals surface area contributed by atoms with Gasteiger partial charge in [0.05, 0.1) is 6.61 Å². The first-order valence-corrected chi connectivity index (χ1v) is 5.72. The zero-order valence-corrected chi connectivity index (χ0v) is 10.3. The fraction of sp³-hybridized carbons (Fsp3) is 0.545. The molecule has 1 aromatic heterocycles. The van der Waals surface area contributed by atoms with Crippen molar-refractivity contribution < 1.29 is 14.9 Å². The number of aromatic amines is 1. The third-order valence-electron chi connectivity index (χ3n) is 3.15. The van der Waals surface area contributed by atoms with E-state index in [1.165, 1.54) is 6.20 Å². The van der Waals surface area contributed by atoms with Crippen molar-refractivity contribution in [3.63, 3.8) is 0 Å². The fourth-order valence-corrected chi connectivity index (χ4v) is 2.08. The summed E-state index contributed by atoms with van der Waals surface area (Å²) in [6.07, 6.45) is -1.49. The van der Waals surface area contributed by atoms with Gasteiger partial charge >= 0.3 is 5.69 Å². The van der Waals surface area contributed by atoms with Gasteiger partial charge in [-0.2, -0.15) is 0 Å². The van der Waals surface area contributed by atoms with Crippen LogP contribution in [-0.4, -0.2) is 51.3 Å². The molecule has 1 aliphatic heterocycles. The van der Waals surface area contributed by atoms with E-state index in [-0.39, 0.29) is 0 Å². The van der Waals surface area contributed by atoms with Crippen LogP contribution in [0.5, 0.6) is 0 Å². The normalized spacial score (nSPS) is 30.5. The second kappa shape index (κ2) is 5.08. The van der Waals surface area contributed by atoms with Crippen LogP contribution in [0, 0.1) is 6.92 Å². The molecule has 4 atom stereocenters. The lowest BCUT2D eigenvalue weighted by atomic mass is 10.1. The summed E-state index contributed by atoms with van der Waals surface area (Å²) in [5.74, 6) is 0. The van der Waals surface area contributed by atoms with E-state index in [9.17, 15) is 14.7 Å². The lowest BCUT2D eigenvalue weighted by Gasteiger charge is -2.18. The van der Waals surface area contributed by atoms with Crippen molar-refractivity contribution >= 4 is 6.72 Å². The van der Waals surface area contributed by atoms with Crippen LogP contribution in [0.25, 0.3) is 0 Å². The van der Waals surface area contributed by atoms with E-state index in [1.807, 2.05) is 0 Å². The summed E-state index contributed by atoms with van der Waals surface area (Å²) in [5.41, 5.74) is -0.824. The number of hydrogen-bond acceptors (Lipinski definition) is 6. The van der Waals surface area contributed by atoms with Gasteiger partial charge in [0.2, 0.25) is 0 Å². The molecule has 3 N–H and O–H groups in total. The minimum atomic E-state index is -1.06. The minimum Gasteiger partial charge on any atom is -0.394 e. The van der Waals surface area contributed by atoms with Gasteiger partial charge in [-0.25, -0.2) is 4.79 Å². The quantitative estimate of drug-likeness (QED) is 0.558. The van der Waals surface area contributed by atoms with Gasteiger partial charge in [-0.05, 0) is 13.6 Å². The smallest absolute Gasteiger partial charge is 0.330 e. The molecule has 19 heavy (non-hydrogen) atoms. The third-order valence-corrected chi connectivity index (χ3v) is 3.15. The van der Waals surface area contributed by atoms with Gasteiger partial charge in [0.25, 0.3) is 5.56 Å². The summed E-state index contributed by atoms with van der Waals surface area (Å²) in [4.78, 5) is 28.9. The summed E-state index contributed by atoms with van der Waals surface area (Å²) >= 11 is 0. The van der Waals surface area contributed by atoms with Crippen molar-refractivity contribution in [1.29, 1.82) is 0 Å². The maximum Gasteiger partial charge on any atom is 0.330 e. The number of H-pyrrole nitrogens is 1. The number of rotatable bonds is 3. The highest BCUT2D eigenvalue weighted by Gasteiger charge is 2.44. The van der Waals surface area contributed by atoms with Crippen molar-refractivity contribution in [2.45, 2.75) is 31.4 Å². The molecule has 0 aliphatic carbocycles. The van der Waals surface area contributed by atoms with E-state index in [0.717, 1.165) is 4.57 Å². The number of aliphatic hydroxyl groups is 2. The molecule has 1 saturated heterocycles. The Bertz CT molecular complexity index is 593. The Morgan fingerprint density at radius 1 is 1.58 bits per heavy atom. The van der Waals surface area contributed by atoms with E-state index < -0.39 is 42.3 Å². The monoisotopic (exact) mass is 269 g/mol. The Balaban J connectivity index is 2.47. The topological polar surface area (TPSA) is 117 Å². The van der Waals surface area contributed by atoms with Crippen molar-refractivity contribution in [3.05, 3.63) is 32.6 Å². The Hall–Kier alpha value is -1.77. The summed E-state index contributed by atoms with van der Waals surface area (Å²) in [6.45, 7) is 4.49. The Morgan fingerprint density at radius 3 is 2.84 bits per heavy atom. The highest BCUT2D eigenvalue weighted by Crippen LogP contribution is 2.30. The number of aliphatic hydroxyl groups excluding tert-OH is 2. The standard InChI is InChI=1S/C11H15N3O5/c1-5-3-14(11(18)13-9(5)17)10-7(12-2)8(16)6(4-15)19-10/h3,6-8,10,15-16H,2,4H2,1H3,(H,13,17,18)/t6-,7+,8-,10-/m1/s1. The van der Waals surface area contributed by atoms with E-state index in [1.54, 1.807) is 6.92 Å². The molecule has 8 heteroatoms. The lowest BCUT2D eigenvalue weighted by Crippen LogP contribution is -2.37. The average Bonchev–Trinajstić information content (AvgIpc) is 2.70. The van der Waals surface area contributed by atoms with Crippen molar-refractivity contribution in [3.8, 4) is 0 Å². The number of hydrogen-bond donors (Lipinski definition) is 3. The van der Waals surface area contributed by atoms with E-state index in [0.29, 0.717) is 5.56 Å². The highest BCUT2D eigenvalue weighted by molar-refractivity contribution is 5.25. The Labute approximate surface area is 108 Å². The summed E-state index contributed by atoms with van der Waals surface area (Å²) in [6, 6.07) is -0.792. The van der Waals surface area contributed by atoms with Crippen LogP contribution in [0.1, 0.15) is 11.8 Å². The second-order valence-electron chi connectivity index (χ2n) is 4.39. The Morgan fingerprint density at radius 2 is 2.26 bits per heavy atom. The molecule has 0 saturated carbocycles. The molecule has 1 fully saturated rings. The second-order valence-corrected chi connectivity index (χ2v) is 4.39. The number of nitrogens with one attached hydrogen (secondary N) is 1. The zero-order valence-electron chi connectivity index (χ0n) is 10.3. The molecule has 0 spiro atoms. The minimum absolute atomic E-state index is 0.327. The highest BCUT2D eigenvalue weighted by atomic mass is 16.5. The first-order chi connectivity index (χ1) is 8.99. The summed E-state index contributed by atoms with van der Waals surface area (Å²) < 4.78 is 6.53. The van der Waals surface area contributed by atoms with Crippen LogP contribution in [-0.2, 0) is 4.74 Å². The van der Waals surface area contributed by atoms with E-state index in [2.05, 4.69) is 16.7 Å². The van der Waals surface area contributed by atoms with Crippen LogP contribution < -0.4 is 11.2 Å². The molecule has 0 bridgehead atoms. The molecule has 2 rings (SSSR count). The van der Waals surface area contributed by atoms with Crippen LogP contribution in [0.3, 0.4) is 0 Å². The van der Waals surface area contributed by atoms with Crippen LogP contribution >= 0.6 is 0 Å². The number of ether oxygens (including phenoxy) is 1. The van der Waals surface area contributed by atoms with Crippen LogP contribution in [0.15, 0.2) is 20.8 Å². The number of aryl methyl sites for hydroxylation is 1. The summed E-state index contributed by atoms with van der Waals surface area (Å²) in [5, 5.41) is 19.0. The lowest BCUT2D eigenvalue weighted by molar-refractivity contribution is -0.0465. The van der Waals surface area contributed by atoms with E-state index >= 15 is 0 Å². The molecular weight excluding hydrogens is 254 g/mol. The molecule has 1 aromatic rings. The molecule has 0 amide bonds. The predicted octanol–water partition coefficient (Wildman–Crippen LogP) is -1.84. The zero-order chi connectivity index (χ0) is 14.2. The molecule has 8 nitrogen and oxygen atoms in total. The molecule has 1 aliphatic rings. The van der Waals surface area contributed by atoms with Crippen molar-refractivity contribution in [2.24, 2.45) is 4.99 Å². The maximum atomic E-state index is 11.8. The first-order valence-electron chi connectivity index (χ1n) is 5.72. The number of nitrogens with zero attached hydrogens (tertiary/aromatic N) is 2. The number of aromatic nitrogens is 2. The average molecular weight is 269 g/mol. The van der Waals surface area contributed by atoms with Crippen LogP contribution in [0.4, 0.5) is 0 Å². The largest absolute Gasteiger partial charge is 0.394 e.